The lowest BCUT2D eigenvalue weighted by Crippen LogP contribution is -2.47. The molecule has 4 rings (SSSR count). The predicted octanol–water partition coefficient (Wildman–Crippen LogP) is 7.30. The van der Waals surface area contributed by atoms with E-state index in [4.69, 9.17) is 14.2 Å². The average molecular weight is 589 g/mol. The highest BCUT2D eigenvalue weighted by Gasteiger charge is 2.29. The highest BCUT2D eigenvalue weighted by atomic mass is 16.5. The van der Waals surface area contributed by atoms with Gasteiger partial charge in [0, 0.05) is 41.1 Å². The number of amides is 3. The summed E-state index contributed by atoms with van der Waals surface area (Å²) in [4.78, 5) is 27.5. The number of likely N-dealkylation sites (tertiary alicyclic amines) is 1. The van der Waals surface area contributed by atoms with E-state index in [9.17, 15) is 9.59 Å². The number of nitrogens with zero attached hydrogens (tertiary/aromatic N) is 1. The van der Waals surface area contributed by atoms with Crippen molar-refractivity contribution < 1.29 is 23.8 Å². The van der Waals surface area contributed by atoms with Crippen LogP contribution in [0.1, 0.15) is 63.7 Å². The highest BCUT2D eigenvalue weighted by Crippen LogP contribution is 2.34. The molecule has 0 aliphatic carbocycles. The first-order chi connectivity index (χ1) is 20.7. The molecule has 1 fully saturated rings. The summed E-state index contributed by atoms with van der Waals surface area (Å²) in [6.07, 6.45) is 3.86. The Hall–Kier alpha value is -4.24. The van der Waals surface area contributed by atoms with Crippen LogP contribution in [0.4, 0.5) is 16.2 Å². The van der Waals surface area contributed by atoms with Crippen LogP contribution in [0.25, 0.3) is 0 Å². The van der Waals surface area contributed by atoms with E-state index in [0.29, 0.717) is 46.3 Å². The maximum atomic E-state index is 12.9. The normalized spacial score (nSPS) is 18.5. The Labute approximate surface area is 254 Å². The molecule has 0 saturated carbocycles. The number of anilines is 2. The largest absolute Gasteiger partial charge is 0.493 e. The second kappa shape index (κ2) is 14.8. The first-order valence-corrected chi connectivity index (χ1v) is 15.0. The summed E-state index contributed by atoms with van der Waals surface area (Å²) in [6.45, 7) is 8.53. The Kier molecular flexibility index (Phi) is 10.9. The van der Waals surface area contributed by atoms with E-state index in [0.717, 1.165) is 31.4 Å². The summed E-state index contributed by atoms with van der Waals surface area (Å²) in [5.41, 5.74) is 1.78. The van der Waals surface area contributed by atoms with Crippen molar-refractivity contribution in [3.8, 4) is 23.0 Å². The Morgan fingerprint density at radius 3 is 2.05 bits per heavy atom. The first kappa shape index (κ1) is 31.7. The number of hydrogen-bond donors (Lipinski definition) is 3. The number of methoxy groups -OCH3 is 1. The quantitative estimate of drug-likeness (QED) is 0.217. The Balaban J connectivity index is 1.31. The molecule has 0 radical (unpaired) electrons. The van der Waals surface area contributed by atoms with Crippen LogP contribution in [0.5, 0.6) is 23.0 Å². The molecule has 1 saturated heterocycles. The van der Waals surface area contributed by atoms with E-state index in [-0.39, 0.29) is 24.1 Å². The Morgan fingerprint density at radius 1 is 0.837 bits per heavy atom. The lowest BCUT2D eigenvalue weighted by atomic mass is 9.95. The minimum absolute atomic E-state index is 0.124. The zero-order chi connectivity index (χ0) is 30.9. The maximum absolute atomic E-state index is 12.9. The second-order valence-electron chi connectivity index (χ2n) is 11.2. The van der Waals surface area contributed by atoms with Gasteiger partial charge in [-0.15, -0.1) is 0 Å². The van der Waals surface area contributed by atoms with Crippen molar-refractivity contribution in [1.29, 1.82) is 0 Å². The SMILES string of the molecule is CCC(CC)NC(=O)Nc1ccc(Oc2ccc(NC(=O)c3ccc(OC4C[C@@H](C)N(C)[C@@H](C)C4)cc3)cc2)c(OC)c1. The van der Waals surface area contributed by atoms with Crippen molar-refractivity contribution >= 4 is 23.3 Å². The van der Waals surface area contributed by atoms with Crippen LogP contribution >= 0.6 is 0 Å². The molecule has 1 aliphatic rings. The van der Waals surface area contributed by atoms with Crippen molar-refractivity contribution in [3.05, 3.63) is 72.3 Å². The Morgan fingerprint density at radius 2 is 1.44 bits per heavy atom. The van der Waals surface area contributed by atoms with Gasteiger partial charge in [-0.1, -0.05) is 13.8 Å². The van der Waals surface area contributed by atoms with Crippen molar-refractivity contribution in [3.63, 3.8) is 0 Å². The van der Waals surface area contributed by atoms with Gasteiger partial charge in [-0.2, -0.15) is 0 Å². The fraction of sp³-hybridized carbons (Fsp3) is 0.412. The molecule has 9 heteroatoms. The summed E-state index contributed by atoms with van der Waals surface area (Å²) in [7, 11) is 3.70. The monoisotopic (exact) mass is 588 g/mol. The van der Waals surface area contributed by atoms with Crippen LogP contribution in [0, 0.1) is 0 Å². The molecule has 1 unspecified atom stereocenters. The first-order valence-electron chi connectivity index (χ1n) is 15.0. The minimum Gasteiger partial charge on any atom is -0.493 e. The summed E-state index contributed by atoms with van der Waals surface area (Å²) in [5, 5.41) is 8.71. The van der Waals surface area contributed by atoms with Crippen LogP contribution in [-0.2, 0) is 0 Å². The third-order valence-electron chi connectivity index (χ3n) is 8.10. The summed E-state index contributed by atoms with van der Waals surface area (Å²) < 4.78 is 17.7. The maximum Gasteiger partial charge on any atom is 0.319 e. The van der Waals surface area contributed by atoms with Gasteiger partial charge in [-0.25, -0.2) is 4.79 Å². The van der Waals surface area contributed by atoms with Crippen LogP contribution < -0.4 is 30.2 Å². The molecule has 0 aromatic heterocycles. The molecule has 9 nitrogen and oxygen atoms in total. The van der Waals surface area contributed by atoms with E-state index in [1.807, 2.05) is 26.0 Å². The van der Waals surface area contributed by atoms with Crippen LogP contribution in [0.15, 0.2) is 66.7 Å². The van der Waals surface area contributed by atoms with Gasteiger partial charge in [0.2, 0.25) is 0 Å². The van der Waals surface area contributed by atoms with Crippen molar-refractivity contribution in [1.82, 2.24) is 10.2 Å². The molecular formula is C34H44N4O5. The topological polar surface area (TPSA) is 101 Å². The number of hydrogen-bond acceptors (Lipinski definition) is 6. The van der Waals surface area contributed by atoms with Crippen molar-refractivity contribution in [2.45, 2.75) is 77.6 Å². The number of ether oxygens (including phenoxy) is 3. The van der Waals surface area contributed by atoms with Gasteiger partial charge in [0.15, 0.2) is 11.5 Å². The molecule has 230 valence electrons. The Bertz CT molecular complexity index is 1350. The zero-order valence-electron chi connectivity index (χ0n) is 26.0. The van der Waals surface area contributed by atoms with E-state index in [1.165, 1.54) is 0 Å². The third kappa shape index (κ3) is 8.64. The van der Waals surface area contributed by atoms with E-state index in [2.05, 4.69) is 41.7 Å². The molecule has 43 heavy (non-hydrogen) atoms. The third-order valence-corrected chi connectivity index (χ3v) is 8.10. The highest BCUT2D eigenvalue weighted by molar-refractivity contribution is 6.04. The van der Waals surface area contributed by atoms with Crippen LogP contribution in [0.2, 0.25) is 0 Å². The summed E-state index contributed by atoms with van der Waals surface area (Å²) in [6, 6.07) is 20.4. The molecule has 0 bridgehead atoms. The van der Waals surface area contributed by atoms with Gasteiger partial charge in [-0.3, -0.25) is 4.79 Å². The van der Waals surface area contributed by atoms with Gasteiger partial charge in [-0.05, 0) is 107 Å². The van der Waals surface area contributed by atoms with Crippen LogP contribution in [0.3, 0.4) is 0 Å². The lowest BCUT2D eigenvalue weighted by Gasteiger charge is -2.40. The zero-order valence-corrected chi connectivity index (χ0v) is 26.0. The molecule has 1 heterocycles. The van der Waals surface area contributed by atoms with Gasteiger partial charge in [0.05, 0.1) is 7.11 Å². The van der Waals surface area contributed by atoms with Crippen LogP contribution in [-0.4, -0.2) is 55.2 Å². The van der Waals surface area contributed by atoms with E-state index >= 15 is 0 Å². The summed E-state index contributed by atoms with van der Waals surface area (Å²) >= 11 is 0. The number of nitrogens with one attached hydrogen (secondary N) is 3. The molecule has 3 amide bonds. The minimum atomic E-state index is -0.261. The smallest absolute Gasteiger partial charge is 0.319 e. The molecular weight excluding hydrogens is 544 g/mol. The molecule has 1 aliphatic heterocycles. The number of rotatable bonds is 11. The molecule has 3 atom stereocenters. The number of piperidine rings is 1. The van der Waals surface area contributed by atoms with Gasteiger partial charge in [0.1, 0.15) is 17.6 Å². The molecule has 3 aromatic carbocycles. The predicted molar refractivity (Wildman–Crippen MR) is 171 cm³/mol. The molecule has 3 N–H and O–H groups in total. The van der Waals surface area contributed by atoms with Crippen molar-refractivity contribution in [2.75, 3.05) is 24.8 Å². The van der Waals surface area contributed by atoms with Gasteiger partial charge in [0.25, 0.3) is 5.91 Å². The lowest BCUT2D eigenvalue weighted by molar-refractivity contribution is 0.0430. The number of benzene rings is 3. The molecule has 3 aromatic rings. The fourth-order valence-electron chi connectivity index (χ4n) is 5.21. The molecule has 0 spiro atoms. The standard InChI is InChI=1S/C34H44N4O5/c1-7-25(8-2)36-34(40)37-27-13-18-31(32(21-27)41-6)43-29-16-11-26(12-17-29)35-33(39)24-9-14-28(15-10-24)42-30-19-22(3)38(5)23(4)20-30/h9-18,21-23,25,30H,7-8,19-20H2,1-6H3,(H,35,39)(H2,36,37,40)/t22-,23+,30?. The summed E-state index contributed by atoms with van der Waals surface area (Å²) in [5.74, 6) is 2.11. The second-order valence-corrected chi connectivity index (χ2v) is 11.2. The average Bonchev–Trinajstić information content (AvgIpc) is 3.00. The van der Waals surface area contributed by atoms with E-state index < -0.39 is 0 Å². The van der Waals surface area contributed by atoms with E-state index in [1.54, 1.807) is 61.7 Å². The van der Waals surface area contributed by atoms with Crippen molar-refractivity contribution in [2.24, 2.45) is 0 Å². The van der Waals surface area contributed by atoms with Gasteiger partial charge < -0.3 is 35.1 Å². The number of urea groups is 1. The fourth-order valence-corrected chi connectivity index (χ4v) is 5.21. The number of carbonyl (C=O) groups excluding carboxylic acids is 2. The van der Waals surface area contributed by atoms with Gasteiger partial charge >= 0.3 is 6.03 Å². The number of carbonyl (C=O) groups is 2.